The fraction of sp³-hybridized carbons (Fsp3) is 0.351. The number of ether oxygens (including phenoxy) is 3. The summed E-state index contributed by atoms with van der Waals surface area (Å²) in [4.78, 5) is 24.4. The average molecular weight is 583 g/mol. The predicted molar refractivity (Wildman–Crippen MR) is 170 cm³/mol. The first-order chi connectivity index (χ1) is 20.8. The van der Waals surface area contributed by atoms with Crippen LogP contribution in [-0.2, 0) is 14.3 Å². The maximum Gasteiger partial charge on any atom is 0.341 e. The molecule has 0 unspecified atom stereocenters. The smallest absolute Gasteiger partial charge is 0.341 e. The van der Waals surface area contributed by atoms with Crippen molar-refractivity contribution in [3.8, 4) is 33.8 Å². The van der Waals surface area contributed by atoms with Crippen molar-refractivity contribution < 1.29 is 28.9 Å². The van der Waals surface area contributed by atoms with Crippen LogP contribution in [-0.4, -0.2) is 37.4 Å². The largest absolute Gasteiger partial charge is 0.423 e. The number of methoxy groups -OCH3 is 1. The van der Waals surface area contributed by atoms with Crippen molar-refractivity contribution in [2.45, 2.75) is 57.8 Å². The summed E-state index contributed by atoms with van der Waals surface area (Å²) < 4.78 is 15.9. The molecular formula is C37H42O6. The van der Waals surface area contributed by atoms with E-state index >= 15 is 0 Å². The van der Waals surface area contributed by atoms with Gasteiger partial charge in [0.05, 0.1) is 24.4 Å². The first-order valence-electron chi connectivity index (χ1n) is 15.1. The second-order valence-corrected chi connectivity index (χ2v) is 11.3. The van der Waals surface area contributed by atoms with Crippen LogP contribution in [0.1, 0.15) is 63.4 Å². The highest BCUT2D eigenvalue weighted by atomic mass is 16.5. The molecule has 6 heteroatoms. The maximum atomic E-state index is 12.3. The maximum absolute atomic E-state index is 12.3. The van der Waals surface area contributed by atoms with Crippen molar-refractivity contribution in [1.82, 2.24) is 0 Å². The van der Waals surface area contributed by atoms with E-state index in [2.05, 4.69) is 44.3 Å². The average Bonchev–Trinajstić information content (AvgIpc) is 3.04. The Labute approximate surface area is 255 Å². The second kappa shape index (κ2) is 15.5. The van der Waals surface area contributed by atoms with Gasteiger partial charge in [0.15, 0.2) is 0 Å². The van der Waals surface area contributed by atoms with Gasteiger partial charge in [-0.25, -0.2) is 9.59 Å². The summed E-state index contributed by atoms with van der Waals surface area (Å²) in [7, 11) is 1.50. The third-order valence-electron chi connectivity index (χ3n) is 8.17. The summed E-state index contributed by atoms with van der Waals surface area (Å²) in [6.45, 7) is 9.21. The number of carbonyl (C=O) groups is 2. The number of aliphatic hydroxyl groups is 1. The molecule has 6 nitrogen and oxygen atoms in total. The van der Waals surface area contributed by atoms with Crippen LogP contribution in [0.15, 0.2) is 91.0 Å². The Morgan fingerprint density at radius 3 is 1.95 bits per heavy atom. The van der Waals surface area contributed by atoms with Crippen molar-refractivity contribution in [1.29, 1.82) is 0 Å². The van der Waals surface area contributed by atoms with E-state index in [0.29, 0.717) is 17.4 Å². The summed E-state index contributed by atoms with van der Waals surface area (Å²) in [5, 5.41) is 9.28. The van der Waals surface area contributed by atoms with E-state index in [-0.39, 0.29) is 17.8 Å². The van der Waals surface area contributed by atoms with Crippen LogP contribution in [0.2, 0.25) is 0 Å². The highest BCUT2D eigenvalue weighted by Crippen LogP contribution is 2.43. The molecule has 0 aromatic heterocycles. The summed E-state index contributed by atoms with van der Waals surface area (Å²) in [5.74, 6) is 0.946. The number of aliphatic hydroxyl groups excluding tert-OH is 1. The number of unbranched alkanes of at least 4 members (excludes halogenated alkanes) is 1. The highest BCUT2D eigenvalue weighted by Gasteiger charge is 2.25. The molecule has 0 atom stereocenters. The Morgan fingerprint density at radius 2 is 1.35 bits per heavy atom. The fourth-order valence-electron chi connectivity index (χ4n) is 5.67. The third kappa shape index (κ3) is 8.53. The zero-order valence-electron chi connectivity index (χ0n) is 25.3. The SMILES string of the molecule is C=C(CO)C(=O)Oc1ccc(-c2ccc(-c3ccc(OC(=O)C(=C)COC)cc3)cc2)c(C2CCC(CCCC)CC2)c1. The topological polar surface area (TPSA) is 82.1 Å². The van der Waals surface area contributed by atoms with Gasteiger partial charge in [-0.3, -0.25) is 0 Å². The minimum Gasteiger partial charge on any atom is -0.423 e. The lowest BCUT2D eigenvalue weighted by Gasteiger charge is -2.30. The molecule has 3 aromatic rings. The molecule has 1 aliphatic rings. The van der Waals surface area contributed by atoms with Crippen molar-refractivity contribution in [2.75, 3.05) is 20.3 Å². The van der Waals surface area contributed by atoms with Crippen LogP contribution >= 0.6 is 0 Å². The predicted octanol–water partition coefficient (Wildman–Crippen LogP) is 8.05. The van der Waals surface area contributed by atoms with Gasteiger partial charge in [-0.15, -0.1) is 0 Å². The van der Waals surface area contributed by atoms with E-state index in [1.54, 1.807) is 12.1 Å². The Balaban J connectivity index is 1.54. The van der Waals surface area contributed by atoms with Gasteiger partial charge in [-0.2, -0.15) is 0 Å². The minimum absolute atomic E-state index is 0.0281. The van der Waals surface area contributed by atoms with Crippen molar-refractivity contribution in [3.63, 3.8) is 0 Å². The normalized spacial score (nSPS) is 16.3. The third-order valence-corrected chi connectivity index (χ3v) is 8.17. The Bertz CT molecular complexity index is 1410. The van der Waals surface area contributed by atoms with Crippen LogP contribution in [0.3, 0.4) is 0 Å². The first kappa shape index (κ1) is 31.9. The second-order valence-electron chi connectivity index (χ2n) is 11.3. The molecule has 3 aromatic carbocycles. The molecule has 43 heavy (non-hydrogen) atoms. The molecule has 1 saturated carbocycles. The molecule has 0 aliphatic heterocycles. The molecule has 1 N–H and O–H groups in total. The Kier molecular flexibility index (Phi) is 11.5. The summed E-state index contributed by atoms with van der Waals surface area (Å²) in [6, 6.07) is 21.6. The molecule has 0 bridgehead atoms. The highest BCUT2D eigenvalue weighted by molar-refractivity contribution is 5.90. The first-order valence-corrected chi connectivity index (χ1v) is 15.1. The molecule has 0 spiro atoms. The van der Waals surface area contributed by atoms with Gasteiger partial charge >= 0.3 is 11.9 Å². The van der Waals surface area contributed by atoms with Gasteiger partial charge in [0.2, 0.25) is 0 Å². The molecule has 0 radical (unpaired) electrons. The van der Waals surface area contributed by atoms with Gasteiger partial charge in [0, 0.05) is 7.11 Å². The zero-order chi connectivity index (χ0) is 30.8. The van der Waals surface area contributed by atoms with Crippen molar-refractivity contribution in [3.05, 3.63) is 96.6 Å². The van der Waals surface area contributed by atoms with Gasteiger partial charge in [0.25, 0.3) is 0 Å². The van der Waals surface area contributed by atoms with Gasteiger partial charge in [0.1, 0.15) is 11.5 Å². The lowest BCUT2D eigenvalue weighted by molar-refractivity contribution is -0.131. The summed E-state index contributed by atoms with van der Waals surface area (Å²) >= 11 is 0. The van der Waals surface area contributed by atoms with Crippen LogP contribution in [0.5, 0.6) is 11.5 Å². The summed E-state index contributed by atoms with van der Waals surface area (Å²) in [5.41, 5.74) is 5.72. The Morgan fingerprint density at radius 1 is 0.791 bits per heavy atom. The van der Waals surface area contributed by atoms with E-state index in [1.807, 2.05) is 30.3 Å². The van der Waals surface area contributed by atoms with E-state index in [9.17, 15) is 14.7 Å². The molecule has 1 aliphatic carbocycles. The molecular weight excluding hydrogens is 540 g/mol. The van der Waals surface area contributed by atoms with Gasteiger partial charge < -0.3 is 19.3 Å². The zero-order valence-corrected chi connectivity index (χ0v) is 25.3. The van der Waals surface area contributed by atoms with Crippen molar-refractivity contribution in [2.24, 2.45) is 5.92 Å². The molecule has 1 fully saturated rings. The quantitative estimate of drug-likeness (QED) is 0.125. The number of carbonyl (C=O) groups excluding carboxylic acids is 2. The molecule has 4 rings (SSSR count). The minimum atomic E-state index is -0.616. The number of benzene rings is 3. The molecule has 0 amide bonds. The molecule has 226 valence electrons. The lowest BCUT2D eigenvalue weighted by atomic mass is 9.75. The van der Waals surface area contributed by atoms with E-state index in [1.165, 1.54) is 44.8 Å². The monoisotopic (exact) mass is 582 g/mol. The standard InChI is InChI=1S/C37H42O6/c1-5-6-7-27-8-10-31(11-9-27)35-22-33(43-36(39)25(2)23-38)20-21-34(35)30-14-12-28(13-15-30)29-16-18-32(19-17-29)42-37(40)26(3)24-41-4/h12-22,27,31,38H,2-3,5-11,23-24H2,1,4H3. The molecule has 0 saturated heterocycles. The van der Waals surface area contributed by atoms with Crippen LogP contribution in [0, 0.1) is 5.92 Å². The van der Waals surface area contributed by atoms with Gasteiger partial charge in [-0.1, -0.05) is 81.8 Å². The molecule has 0 heterocycles. The fourth-order valence-corrected chi connectivity index (χ4v) is 5.67. The lowest BCUT2D eigenvalue weighted by Crippen LogP contribution is -2.15. The number of rotatable bonds is 13. The van der Waals surface area contributed by atoms with Crippen LogP contribution in [0.25, 0.3) is 22.3 Å². The van der Waals surface area contributed by atoms with Gasteiger partial charge in [-0.05, 0) is 89.6 Å². The Hall–Kier alpha value is -4.00. The number of esters is 2. The number of hydrogen-bond acceptors (Lipinski definition) is 6. The van der Waals surface area contributed by atoms with Crippen molar-refractivity contribution >= 4 is 11.9 Å². The van der Waals surface area contributed by atoms with Crippen LogP contribution < -0.4 is 9.47 Å². The van der Waals surface area contributed by atoms with E-state index < -0.39 is 18.5 Å². The van der Waals surface area contributed by atoms with Crippen LogP contribution in [0.4, 0.5) is 0 Å². The summed E-state index contributed by atoms with van der Waals surface area (Å²) in [6.07, 6.45) is 8.44. The number of hydrogen-bond donors (Lipinski definition) is 1. The van der Waals surface area contributed by atoms with E-state index in [0.717, 1.165) is 41.0 Å². The van der Waals surface area contributed by atoms with E-state index in [4.69, 9.17) is 14.2 Å².